The Labute approximate surface area is 139 Å². The van der Waals surface area contributed by atoms with Gasteiger partial charge in [-0.05, 0) is 42.0 Å². The number of benzene rings is 3. The van der Waals surface area contributed by atoms with Gasteiger partial charge in [0.25, 0.3) is 0 Å². The molecule has 0 heterocycles. The molecule has 0 spiro atoms. The van der Waals surface area contributed by atoms with Gasteiger partial charge in [-0.3, -0.25) is 4.79 Å². The first-order valence-corrected chi connectivity index (χ1v) is 7.56. The predicted molar refractivity (Wildman–Crippen MR) is 91.5 cm³/mol. The Bertz CT molecular complexity index is 899. The van der Waals surface area contributed by atoms with Crippen LogP contribution in [0, 0.1) is 0 Å². The Hall–Kier alpha value is -3.14. The van der Waals surface area contributed by atoms with Crippen LogP contribution in [0.1, 0.15) is 17.3 Å². The van der Waals surface area contributed by atoms with E-state index in [9.17, 15) is 9.59 Å². The number of hydrogen-bond donors (Lipinski definition) is 0. The van der Waals surface area contributed by atoms with Crippen molar-refractivity contribution < 1.29 is 19.1 Å². The quantitative estimate of drug-likeness (QED) is 0.405. The van der Waals surface area contributed by atoms with Gasteiger partial charge in [0, 0.05) is 0 Å². The van der Waals surface area contributed by atoms with E-state index in [2.05, 4.69) is 0 Å². The lowest BCUT2D eigenvalue weighted by molar-refractivity contribution is -0.136. The van der Waals surface area contributed by atoms with Crippen molar-refractivity contribution in [1.82, 2.24) is 0 Å². The highest BCUT2D eigenvalue weighted by Gasteiger charge is 2.12. The number of rotatable bonds is 5. The summed E-state index contributed by atoms with van der Waals surface area (Å²) in [5.74, 6) is 0.119. The second-order valence-electron chi connectivity index (χ2n) is 5.32. The number of hydrogen-bond acceptors (Lipinski definition) is 4. The topological polar surface area (TPSA) is 52.6 Å². The molecule has 0 aliphatic rings. The highest BCUT2D eigenvalue weighted by Crippen LogP contribution is 2.21. The highest BCUT2D eigenvalue weighted by molar-refractivity contribution is 5.97. The summed E-state index contributed by atoms with van der Waals surface area (Å²) in [6.07, 6.45) is 0. The lowest BCUT2D eigenvalue weighted by Gasteiger charge is -2.09. The lowest BCUT2D eigenvalue weighted by atomic mass is 10.1. The molecule has 0 aliphatic carbocycles. The van der Waals surface area contributed by atoms with Crippen LogP contribution in [-0.4, -0.2) is 18.4 Å². The molecule has 4 heteroatoms. The summed E-state index contributed by atoms with van der Waals surface area (Å²) in [6.45, 7) is 1.20. The van der Waals surface area contributed by atoms with Gasteiger partial charge in [0.1, 0.15) is 11.5 Å². The van der Waals surface area contributed by atoms with E-state index in [0.29, 0.717) is 11.3 Å². The standard InChI is InChI=1S/C20H16O4/c1-14(21)18-8-4-5-9-19(18)24-20(22)13-23-17-11-10-15-6-2-3-7-16(15)12-17/h2-12H,13H2,1H3. The summed E-state index contributed by atoms with van der Waals surface area (Å²) in [5.41, 5.74) is 0.372. The van der Waals surface area contributed by atoms with Crippen molar-refractivity contribution in [2.24, 2.45) is 0 Å². The molecule has 0 aliphatic heterocycles. The molecule has 0 saturated heterocycles. The van der Waals surface area contributed by atoms with Gasteiger partial charge < -0.3 is 9.47 Å². The molecule has 3 aromatic carbocycles. The van der Waals surface area contributed by atoms with E-state index in [0.717, 1.165) is 10.8 Å². The van der Waals surface area contributed by atoms with Gasteiger partial charge in [-0.15, -0.1) is 0 Å². The summed E-state index contributed by atoms with van der Waals surface area (Å²) in [5, 5.41) is 2.13. The first-order chi connectivity index (χ1) is 11.6. The van der Waals surface area contributed by atoms with Crippen LogP contribution in [0.15, 0.2) is 66.7 Å². The van der Waals surface area contributed by atoms with Gasteiger partial charge in [0.05, 0.1) is 5.56 Å². The van der Waals surface area contributed by atoms with Crippen molar-refractivity contribution in [3.05, 3.63) is 72.3 Å². The molecule has 0 aromatic heterocycles. The Morgan fingerprint density at radius 2 is 1.58 bits per heavy atom. The molecular formula is C20H16O4. The average Bonchev–Trinajstić information content (AvgIpc) is 2.60. The monoisotopic (exact) mass is 320 g/mol. The van der Waals surface area contributed by atoms with Gasteiger partial charge in [-0.25, -0.2) is 4.79 Å². The van der Waals surface area contributed by atoms with Crippen LogP contribution < -0.4 is 9.47 Å². The third kappa shape index (κ3) is 3.60. The number of Topliss-reactive ketones (excluding diaryl/α,β-unsaturated/α-hetero) is 1. The van der Waals surface area contributed by atoms with Crippen molar-refractivity contribution in [3.63, 3.8) is 0 Å². The minimum atomic E-state index is -0.558. The molecule has 0 fully saturated rings. The smallest absolute Gasteiger partial charge is 0.349 e. The number of fused-ring (bicyclic) bond motifs is 1. The molecule has 3 rings (SSSR count). The molecule has 0 amide bonds. The van der Waals surface area contributed by atoms with Gasteiger partial charge >= 0.3 is 5.97 Å². The Morgan fingerprint density at radius 3 is 2.38 bits per heavy atom. The zero-order valence-corrected chi connectivity index (χ0v) is 13.2. The first-order valence-electron chi connectivity index (χ1n) is 7.56. The fraction of sp³-hybridized carbons (Fsp3) is 0.100. The summed E-state index contributed by atoms with van der Waals surface area (Å²) in [6, 6.07) is 20.1. The Kier molecular flexibility index (Phi) is 4.57. The summed E-state index contributed by atoms with van der Waals surface area (Å²) >= 11 is 0. The summed E-state index contributed by atoms with van der Waals surface area (Å²) < 4.78 is 10.7. The Morgan fingerprint density at radius 1 is 0.875 bits per heavy atom. The average molecular weight is 320 g/mol. The van der Waals surface area contributed by atoms with Crippen LogP contribution in [0.25, 0.3) is 10.8 Å². The van der Waals surface area contributed by atoms with Crippen LogP contribution in [0.3, 0.4) is 0 Å². The largest absolute Gasteiger partial charge is 0.482 e. The molecule has 0 unspecified atom stereocenters. The molecule has 120 valence electrons. The van der Waals surface area contributed by atoms with Gasteiger partial charge in [0.2, 0.25) is 0 Å². The number of para-hydroxylation sites is 1. The summed E-state index contributed by atoms with van der Waals surface area (Å²) in [4.78, 5) is 23.5. The van der Waals surface area contributed by atoms with Crippen LogP contribution in [0.2, 0.25) is 0 Å². The van der Waals surface area contributed by atoms with E-state index in [4.69, 9.17) is 9.47 Å². The third-order valence-corrected chi connectivity index (χ3v) is 3.57. The van der Waals surface area contributed by atoms with Crippen molar-refractivity contribution >= 4 is 22.5 Å². The maximum absolute atomic E-state index is 12.0. The van der Waals surface area contributed by atoms with E-state index in [1.54, 1.807) is 30.3 Å². The third-order valence-electron chi connectivity index (χ3n) is 3.57. The Balaban J connectivity index is 1.66. The van der Waals surface area contributed by atoms with E-state index in [1.165, 1.54) is 6.92 Å². The molecule has 4 nitrogen and oxygen atoms in total. The van der Waals surface area contributed by atoms with Crippen molar-refractivity contribution in [3.8, 4) is 11.5 Å². The van der Waals surface area contributed by atoms with E-state index < -0.39 is 5.97 Å². The number of ketones is 1. The fourth-order valence-corrected chi connectivity index (χ4v) is 2.40. The van der Waals surface area contributed by atoms with E-state index >= 15 is 0 Å². The van der Waals surface area contributed by atoms with Crippen LogP contribution in [0.4, 0.5) is 0 Å². The molecule has 0 saturated carbocycles. The minimum Gasteiger partial charge on any atom is -0.482 e. The van der Waals surface area contributed by atoms with E-state index in [-0.39, 0.29) is 18.1 Å². The van der Waals surface area contributed by atoms with Crippen LogP contribution in [-0.2, 0) is 4.79 Å². The second kappa shape index (κ2) is 6.96. The normalized spacial score (nSPS) is 10.4. The molecule has 0 atom stereocenters. The van der Waals surface area contributed by atoms with Crippen LogP contribution in [0.5, 0.6) is 11.5 Å². The van der Waals surface area contributed by atoms with Crippen molar-refractivity contribution in [2.75, 3.05) is 6.61 Å². The fourth-order valence-electron chi connectivity index (χ4n) is 2.40. The van der Waals surface area contributed by atoms with Crippen molar-refractivity contribution in [1.29, 1.82) is 0 Å². The number of esters is 1. The molecule has 0 radical (unpaired) electrons. The SMILES string of the molecule is CC(=O)c1ccccc1OC(=O)COc1ccc2ccccc2c1. The zero-order chi connectivity index (χ0) is 16.9. The summed E-state index contributed by atoms with van der Waals surface area (Å²) in [7, 11) is 0. The van der Waals surface area contributed by atoms with E-state index in [1.807, 2.05) is 36.4 Å². The molecule has 24 heavy (non-hydrogen) atoms. The maximum atomic E-state index is 12.0. The second-order valence-corrected chi connectivity index (χ2v) is 5.32. The van der Waals surface area contributed by atoms with Gasteiger partial charge in [-0.1, -0.05) is 42.5 Å². The predicted octanol–water partition coefficient (Wildman–Crippen LogP) is 4.03. The first kappa shape index (κ1) is 15.7. The molecule has 0 bridgehead atoms. The molecule has 0 N–H and O–H groups in total. The molecular weight excluding hydrogens is 304 g/mol. The highest BCUT2D eigenvalue weighted by atomic mass is 16.6. The van der Waals surface area contributed by atoms with Crippen molar-refractivity contribution in [2.45, 2.75) is 6.92 Å². The lowest BCUT2D eigenvalue weighted by Crippen LogP contribution is -2.18. The van der Waals surface area contributed by atoms with Crippen LogP contribution >= 0.6 is 0 Å². The zero-order valence-electron chi connectivity index (χ0n) is 13.2. The molecule has 3 aromatic rings. The number of carbonyl (C=O) groups is 2. The maximum Gasteiger partial charge on any atom is 0.349 e. The number of carbonyl (C=O) groups excluding carboxylic acids is 2. The number of ether oxygens (including phenoxy) is 2. The van der Waals surface area contributed by atoms with Gasteiger partial charge in [0.15, 0.2) is 12.4 Å². The van der Waals surface area contributed by atoms with Gasteiger partial charge in [-0.2, -0.15) is 0 Å². The minimum absolute atomic E-state index is 0.158.